The molecule has 0 bridgehead atoms. The molecule has 0 atom stereocenters. The zero-order valence-corrected chi connectivity index (χ0v) is 10.7. The zero-order valence-electron chi connectivity index (χ0n) is 9.98. The Kier molecular flexibility index (Phi) is 3.95. The van der Waals surface area contributed by atoms with Gasteiger partial charge in [0, 0.05) is 29.5 Å². The van der Waals surface area contributed by atoms with E-state index in [0.717, 1.165) is 16.8 Å². The number of aromatic nitrogens is 1. The van der Waals surface area contributed by atoms with Crippen LogP contribution in [-0.4, -0.2) is 10.9 Å². The van der Waals surface area contributed by atoms with Crippen LogP contribution in [0.3, 0.4) is 0 Å². The van der Waals surface area contributed by atoms with Gasteiger partial charge in [0.2, 0.25) is 0 Å². The number of amides is 1. The number of rotatable bonds is 3. The number of halogens is 1. The van der Waals surface area contributed by atoms with Crippen molar-refractivity contribution in [3.8, 4) is 0 Å². The van der Waals surface area contributed by atoms with Gasteiger partial charge in [-0.15, -0.1) is 11.6 Å². The number of hydrogen-bond donors (Lipinski definition) is 1. The van der Waals surface area contributed by atoms with Gasteiger partial charge in [-0.2, -0.15) is 0 Å². The first-order valence-corrected chi connectivity index (χ1v) is 6.11. The summed E-state index contributed by atoms with van der Waals surface area (Å²) < 4.78 is 0. The Morgan fingerprint density at radius 2 is 2.00 bits per heavy atom. The number of nitrogens with one attached hydrogen (secondary N) is 1. The molecule has 0 fully saturated rings. The Hall–Kier alpha value is -1.87. The number of carbonyl (C=O) groups excluding carboxylic acids is 1. The van der Waals surface area contributed by atoms with Gasteiger partial charge in [-0.25, -0.2) is 0 Å². The summed E-state index contributed by atoms with van der Waals surface area (Å²) in [6.45, 7) is 1.90. The van der Waals surface area contributed by atoms with E-state index in [4.69, 9.17) is 11.6 Å². The van der Waals surface area contributed by atoms with Gasteiger partial charge in [0.05, 0.1) is 0 Å². The molecule has 0 radical (unpaired) electrons. The minimum atomic E-state index is -0.134. The fourth-order valence-corrected chi connectivity index (χ4v) is 1.73. The van der Waals surface area contributed by atoms with Crippen LogP contribution < -0.4 is 5.32 Å². The summed E-state index contributed by atoms with van der Waals surface area (Å²) in [5.74, 6) is 0.316. The molecule has 2 aromatic rings. The lowest BCUT2D eigenvalue weighted by molar-refractivity contribution is 0.102. The molecule has 1 aromatic heterocycles. The molecule has 1 aromatic carbocycles. The quantitative estimate of drug-likeness (QED) is 0.860. The Balaban J connectivity index is 2.14. The first-order chi connectivity index (χ1) is 8.70. The van der Waals surface area contributed by atoms with E-state index in [-0.39, 0.29) is 5.91 Å². The second kappa shape index (κ2) is 5.65. The van der Waals surface area contributed by atoms with E-state index in [2.05, 4.69) is 10.3 Å². The smallest absolute Gasteiger partial charge is 0.255 e. The van der Waals surface area contributed by atoms with Crippen molar-refractivity contribution in [1.82, 2.24) is 4.98 Å². The number of benzene rings is 1. The number of aryl methyl sites for hydroxylation is 1. The van der Waals surface area contributed by atoms with Crippen molar-refractivity contribution in [3.63, 3.8) is 0 Å². The molecular weight excluding hydrogens is 248 g/mol. The van der Waals surface area contributed by atoms with Gasteiger partial charge in [0.1, 0.15) is 0 Å². The molecule has 1 amide bonds. The highest BCUT2D eigenvalue weighted by Gasteiger charge is 2.07. The van der Waals surface area contributed by atoms with Crippen molar-refractivity contribution in [2.24, 2.45) is 0 Å². The number of pyridine rings is 1. The number of nitrogens with zero attached hydrogens (tertiary/aromatic N) is 1. The molecule has 92 valence electrons. The van der Waals surface area contributed by atoms with E-state index in [1.54, 1.807) is 30.6 Å². The molecule has 4 heteroatoms. The SMILES string of the molecule is Cc1cnccc1NC(=O)c1ccc(CCl)cc1. The fourth-order valence-electron chi connectivity index (χ4n) is 1.55. The normalized spacial score (nSPS) is 10.1. The maximum absolute atomic E-state index is 12.0. The standard InChI is InChI=1S/C14H13ClN2O/c1-10-9-16-7-6-13(10)17-14(18)12-4-2-11(8-15)3-5-12/h2-7,9H,8H2,1H3,(H,16,17,18). The lowest BCUT2D eigenvalue weighted by atomic mass is 10.1. The van der Waals surface area contributed by atoms with Crippen LogP contribution in [0.25, 0.3) is 0 Å². The predicted octanol–water partition coefficient (Wildman–Crippen LogP) is 3.38. The summed E-state index contributed by atoms with van der Waals surface area (Å²) in [4.78, 5) is 16.0. The summed E-state index contributed by atoms with van der Waals surface area (Å²) in [5, 5.41) is 2.85. The van der Waals surface area contributed by atoms with Gasteiger partial charge in [0.15, 0.2) is 0 Å². The molecular formula is C14H13ClN2O. The van der Waals surface area contributed by atoms with Crippen LogP contribution in [-0.2, 0) is 5.88 Å². The number of carbonyl (C=O) groups is 1. The molecule has 0 aliphatic carbocycles. The third-order valence-electron chi connectivity index (χ3n) is 2.64. The largest absolute Gasteiger partial charge is 0.322 e. The van der Waals surface area contributed by atoms with Crippen LogP contribution in [0.15, 0.2) is 42.7 Å². The molecule has 3 nitrogen and oxygen atoms in total. The highest BCUT2D eigenvalue weighted by Crippen LogP contribution is 2.14. The Bertz CT molecular complexity index is 552. The highest BCUT2D eigenvalue weighted by atomic mass is 35.5. The summed E-state index contributed by atoms with van der Waals surface area (Å²) in [6, 6.07) is 9.01. The molecule has 1 heterocycles. The van der Waals surface area contributed by atoms with Crippen LogP contribution >= 0.6 is 11.6 Å². The summed E-state index contributed by atoms with van der Waals surface area (Å²) in [7, 11) is 0. The summed E-state index contributed by atoms with van der Waals surface area (Å²) in [5.41, 5.74) is 3.31. The minimum absolute atomic E-state index is 0.134. The van der Waals surface area contributed by atoms with Gasteiger partial charge in [-0.1, -0.05) is 12.1 Å². The first-order valence-electron chi connectivity index (χ1n) is 5.57. The van der Waals surface area contributed by atoms with E-state index in [9.17, 15) is 4.79 Å². The molecule has 0 saturated heterocycles. The van der Waals surface area contributed by atoms with Gasteiger partial charge in [-0.3, -0.25) is 9.78 Å². The first kappa shape index (κ1) is 12.6. The van der Waals surface area contributed by atoms with Crippen LogP contribution in [0.1, 0.15) is 21.5 Å². The predicted molar refractivity (Wildman–Crippen MR) is 72.9 cm³/mol. The second-order valence-corrected chi connectivity index (χ2v) is 4.24. The van der Waals surface area contributed by atoms with Crippen molar-refractivity contribution < 1.29 is 4.79 Å². The molecule has 0 spiro atoms. The van der Waals surface area contributed by atoms with E-state index in [0.29, 0.717) is 11.4 Å². The van der Waals surface area contributed by atoms with Crippen molar-refractivity contribution in [3.05, 3.63) is 59.4 Å². The molecule has 0 saturated carbocycles. The molecule has 1 N–H and O–H groups in total. The molecule has 2 rings (SSSR count). The van der Waals surface area contributed by atoms with Crippen molar-refractivity contribution in [1.29, 1.82) is 0 Å². The van der Waals surface area contributed by atoms with Crippen molar-refractivity contribution in [2.45, 2.75) is 12.8 Å². The van der Waals surface area contributed by atoms with E-state index < -0.39 is 0 Å². The third kappa shape index (κ3) is 2.87. The lowest BCUT2D eigenvalue weighted by Crippen LogP contribution is -2.12. The Labute approximate surface area is 111 Å². The molecule has 18 heavy (non-hydrogen) atoms. The van der Waals surface area contributed by atoms with Gasteiger partial charge in [0.25, 0.3) is 5.91 Å². The maximum Gasteiger partial charge on any atom is 0.255 e. The lowest BCUT2D eigenvalue weighted by Gasteiger charge is -2.07. The van der Waals surface area contributed by atoms with Gasteiger partial charge < -0.3 is 5.32 Å². The van der Waals surface area contributed by atoms with Gasteiger partial charge in [-0.05, 0) is 36.2 Å². The number of alkyl halides is 1. The third-order valence-corrected chi connectivity index (χ3v) is 2.95. The highest BCUT2D eigenvalue weighted by molar-refractivity contribution is 6.17. The maximum atomic E-state index is 12.0. The van der Waals surface area contributed by atoms with E-state index >= 15 is 0 Å². The van der Waals surface area contributed by atoms with Crippen LogP contribution in [0.4, 0.5) is 5.69 Å². The fraction of sp³-hybridized carbons (Fsp3) is 0.143. The topological polar surface area (TPSA) is 42.0 Å². The van der Waals surface area contributed by atoms with E-state index in [1.807, 2.05) is 19.1 Å². The second-order valence-electron chi connectivity index (χ2n) is 3.98. The van der Waals surface area contributed by atoms with Crippen LogP contribution in [0.5, 0.6) is 0 Å². The Morgan fingerprint density at radius 1 is 1.28 bits per heavy atom. The minimum Gasteiger partial charge on any atom is -0.322 e. The molecule has 0 aliphatic rings. The van der Waals surface area contributed by atoms with E-state index in [1.165, 1.54) is 0 Å². The number of hydrogen-bond acceptors (Lipinski definition) is 2. The summed E-state index contributed by atoms with van der Waals surface area (Å²) in [6.07, 6.45) is 3.37. The monoisotopic (exact) mass is 260 g/mol. The zero-order chi connectivity index (χ0) is 13.0. The average molecular weight is 261 g/mol. The average Bonchev–Trinajstić information content (AvgIpc) is 2.41. The summed E-state index contributed by atoms with van der Waals surface area (Å²) >= 11 is 5.70. The van der Waals surface area contributed by atoms with Crippen LogP contribution in [0, 0.1) is 6.92 Å². The molecule has 0 unspecified atom stereocenters. The Morgan fingerprint density at radius 3 is 2.61 bits per heavy atom. The van der Waals surface area contributed by atoms with Crippen LogP contribution in [0.2, 0.25) is 0 Å². The molecule has 0 aliphatic heterocycles. The van der Waals surface area contributed by atoms with Crippen molar-refractivity contribution >= 4 is 23.2 Å². The van der Waals surface area contributed by atoms with Gasteiger partial charge >= 0.3 is 0 Å². The number of anilines is 1. The van der Waals surface area contributed by atoms with Crippen molar-refractivity contribution in [2.75, 3.05) is 5.32 Å².